The molecule has 3 heteroatoms. The number of isocyanates is 1. The van der Waals surface area contributed by atoms with Crippen LogP contribution in [0.15, 0.2) is 17.1 Å². The summed E-state index contributed by atoms with van der Waals surface area (Å²) < 4.78 is 0. The van der Waals surface area contributed by atoms with E-state index in [9.17, 15) is 4.79 Å². The quantitative estimate of drug-likeness (QED) is 0.462. The van der Waals surface area contributed by atoms with Crippen LogP contribution in [0, 0.1) is 0 Å². The fourth-order valence-electron chi connectivity index (χ4n) is 1.52. The maximum Gasteiger partial charge on any atom is 0.242 e. The molecular formula is C9H8N2O. The first-order chi connectivity index (χ1) is 5.90. The van der Waals surface area contributed by atoms with Crippen molar-refractivity contribution in [1.29, 1.82) is 0 Å². The summed E-state index contributed by atoms with van der Waals surface area (Å²) in [6, 6.07) is 3.75. The average Bonchev–Trinajstić information content (AvgIpc) is 2.51. The minimum absolute atomic E-state index is 0.477. The van der Waals surface area contributed by atoms with Gasteiger partial charge in [-0.15, -0.1) is 4.99 Å². The molecule has 0 bridgehead atoms. The molecule has 12 heavy (non-hydrogen) atoms. The topological polar surface area (TPSA) is 42.3 Å². The highest BCUT2D eigenvalue weighted by Crippen LogP contribution is 2.22. The van der Waals surface area contributed by atoms with Gasteiger partial charge in [0.2, 0.25) is 6.08 Å². The second-order valence-corrected chi connectivity index (χ2v) is 2.83. The van der Waals surface area contributed by atoms with Crippen LogP contribution in [0.3, 0.4) is 0 Å². The zero-order valence-corrected chi connectivity index (χ0v) is 6.58. The molecule has 1 aliphatic rings. The number of hydrogen-bond donors (Lipinski definition) is 0. The standard InChI is InChI=1S/C9H8N2O/c12-6-10-9-5-4-7-2-1-3-8(7)11-9/h4-5H,1-3H2. The molecular weight excluding hydrogens is 152 g/mol. The van der Waals surface area contributed by atoms with Crippen molar-refractivity contribution in [3.05, 3.63) is 23.4 Å². The van der Waals surface area contributed by atoms with Crippen molar-refractivity contribution in [1.82, 2.24) is 4.98 Å². The SMILES string of the molecule is O=C=Nc1ccc2c(n1)CCC2. The molecule has 1 aliphatic carbocycles. The number of nitrogens with zero attached hydrogens (tertiary/aromatic N) is 2. The fourth-order valence-corrected chi connectivity index (χ4v) is 1.52. The molecule has 0 saturated carbocycles. The van der Waals surface area contributed by atoms with Gasteiger partial charge in [-0.05, 0) is 30.9 Å². The van der Waals surface area contributed by atoms with E-state index < -0.39 is 0 Å². The fraction of sp³-hybridized carbons (Fsp3) is 0.333. The molecule has 1 aromatic rings. The second-order valence-electron chi connectivity index (χ2n) is 2.83. The molecule has 1 aromatic heterocycles. The lowest BCUT2D eigenvalue weighted by Crippen LogP contribution is -1.86. The smallest absolute Gasteiger partial charge is 0.233 e. The van der Waals surface area contributed by atoms with Crippen molar-refractivity contribution in [3.8, 4) is 0 Å². The molecule has 0 fully saturated rings. The molecule has 60 valence electrons. The summed E-state index contributed by atoms with van der Waals surface area (Å²) in [7, 11) is 0. The van der Waals surface area contributed by atoms with E-state index in [0.717, 1.165) is 25.0 Å². The van der Waals surface area contributed by atoms with E-state index >= 15 is 0 Å². The van der Waals surface area contributed by atoms with Gasteiger partial charge in [-0.1, -0.05) is 6.07 Å². The van der Waals surface area contributed by atoms with Gasteiger partial charge in [-0.3, -0.25) is 0 Å². The van der Waals surface area contributed by atoms with Crippen molar-refractivity contribution in [2.75, 3.05) is 0 Å². The summed E-state index contributed by atoms with van der Waals surface area (Å²) >= 11 is 0. The summed E-state index contributed by atoms with van der Waals surface area (Å²) in [5.41, 5.74) is 2.38. The van der Waals surface area contributed by atoms with E-state index in [1.807, 2.05) is 6.07 Å². The summed E-state index contributed by atoms with van der Waals surface area (Å²) in [6.45, 7) is 0. The predicted octanol–water partition coefficient (Wildman–Crippen LogP) is 1.54. The number of pyridine rings is 1. The summed E-state index contributed by atoms with van der Waals surface area (Å²) in [5, 5.41) is 0. The number of aliphatic imine (C=N–C) groups is 1. The molecule has 1 heterocycles. The number of carbonyl (C=O) groups excluding carboxylic acids is 1. The van der Waals surface area contributed by atoms with Crippen LogP contribution in [0.25, 0.3) is 0 Å². The molecule has 0 amide bonds. The van der Waals surface area contributed by atoms with Gasteiger partial charge in [0.25, 0.3) is 0 Å². The third-order valence-corrected chi connectivity index (χ3v) is 2.07. The van der Waals surface area contributed by atoms with Crippen LogP contribution in [-0.4, -0.2) is 11.1 Å². The van der Waals surface area contributed by atoms with Gasteiger partial charge in [0, 0.05) is 5.69 Å². The van der Waals surface area contributed by atoms with Gasteiger partial charge in [-0.2, -0.15) is 0 Å². The third kappa shape index (κ3) is 1.15. The molecule has 0 aromatic carbocycles. The van der Waals surface area contributed by atoms with Crippen molar-refractivity contribution in [3.63, 3.8) is 0 Å². The Labute approximate surface area is 70.2 Å². The van der Waals surface area contributed by atoms with Crippen LogP contribution in [-0.2, 0) is 17.6 Å². The molecule has 0 N–H and O–H groups in total. The van der Waals surface area contributed by atoms with Crippen molar-refractivity contribution >= 4 is 11.9 Å². The largest absolute Gasteiger partial charge is 0.242 e. The minimum atomic E-state index is 0.477. The highest BCUT2D eigenvalue weighted by Gasteiger charge is 2.11. The second kappa shape index (κ2) is 2.88. The van der Waals surface area contributed by atoms with E-state index in [0.29, 0.717) is 5.82 Å². The van der Waals surface area contributed by atoms with Gasteiger partial charge in [0.05, 0.1) is 0 Å². The summed E-state index contributed by atoms with van der Waals surface area (Å²) in [6.07, 6.45) is 4.77. The van der Waals surface area contributed by atoms with Gasteiger partial charge in [0.15, 0.2) is 5.82 Å². The average molecular weight is 160 g/mol. The van der Waals surface area contributed by atoms with E-state index in [1.165, 1.54) is 11.6 Å². The predicted molar refractivity (Wildman–Crippen MR) is 44.0 cm³/mol. The first-order valence-electron chi connectivity index (χ1n) is 3.97. The van der Waals surface area contributed by atoms with Crippen LogP contribution in [0.4, 0.5) is 5.82 Å². The molecule has 0 spiro atoms. The lowest BCUT2D eigenvalue weighted by molar-refractivity contribution is 0.565. The normalized spacial score (nSPS) is 13.7. The van der Waals surface area contributed by atoms with Crippen LogP contribution in [0.5, 0.6) is 0 Å². The van der Waals surface area contributed by atoms with Crippen molar-refractivity contribution in [2.24, 2.45) is 4.99 Å². The number of hydrogen-bond acceptors (Lipinski definition) is 3. The van der Waals surface area contributed by atoms with Crippen molar-refractivity contribution < 1.29 is 4.79 Å². The first-order valence-corrected chi connectivity index (χ1v) is 3.97. The molecule has 3 nitrogen and oxygen atoms in total. The third-order valence-electron chi connectivity index (χ3n) is 2.07. The van der Waals surface area contributed by atoms with Crippen LogP contribution in [0.1, 0.15) is 17.7 Å². The number of rotatable bonds is 1. The highest BCUT2D eigenvalue weighted by molar-refractivity contribution is 5.46. The monoisotopic (exact) mass is 160 g/mol. The van der Waals surface area contributed by atoms with Gasteiger partial charge in [0.1, 0.15) is 0 Å². The van der Waals surface area contributed by atoms with Gasteiger partial charge in [-0.25, -0.2) is 9.78 Å². The molecule has 0 saturated heterocycles. The zero-order chi connectivity index (χ0) is 8.39. The lowest BCUT2D eigenvalue weighted by Gasteiger charge is -1.96. The Morgan fingerprint density at radius 2 is 2.33 bits per heavy atom. The maximum absolute atomic E-state index is 9.94. The maximum atomic E-state index is 9.94. The Balaban J connectivity index is 2.45. The van der Waals surface area contributed by atoms with Crippen LogP contribution in [0.2, 0.25) is 0 Å². The van der Waals surface area contributed by atoms with Gasteiger partial charge < -0.3 is 0 Å². The van der Waals surface area contributed by atoms with Crippen molar-refractivity contribution in [2.45, 2.75) is 19.3 Å². The molecule has 0 unspecified atom stereocenters. The highest BCUT2D eigenvalue weighted by atomic mass is 16.1. The number of fused-ring (bicyclic) bond motifs is 1. The van der Waals surface area contributed by atoms with E-state index in [4.69, 9.17) is 0 Å². The number of aryl methyl sites for hydroxylation is 2. The molecule has 2 rings (SSSR count). The van der Waals surface area contributed by atoms with E-state index in [-0.39, 0.29) is 0 Å². The van der Waals surface area contributed by atoms with Gasteiger partial charge >= 0.3 is 0 Å². The van der Waals surface area contributed by atoms with E-state index in [2.05, 4.69) is 9.98 Å². The Hall–Kier alpha value is -1.47. The van der Waals surface area contributed by atoms with Crippen LogP contribution >= 0.6 is 0 Å². The molecule has 0 aliphatic heterocycles. The Kier molecular flexibility index (Phi) is 1.72. The van der Waals surface area contributed by atoms with E-state index in [1.54, 1.807) is 6.07 Å². The summed E-state index contributed by atoms with van der Waals surface area (Å²) in [4.78, 5) is 17.6. The number of aromatic nitrogens is 1. The zero-order valence-electron chi connectivity index (χ0n) is 6.58. The summed E-state index contributed by atoms with van der Waals surface area (Å²) in [5.74, 6) is 0.477. The molecule has 0 radical (unpaired) electrons. The Morgan fingerprint density at radius 1 is 1.42 bits per heavy atom. The first kappa shape index (κ1) is 7.19. The Bertz CT molecular complexity index is 354. The molecule has 0 atom stereocenters. The lowest BCUT2D eigenvalue weighted by atomic mass is 10.2. The van der Waals surface area contributed by atoms with Crippen LogP contribution < -0.4 is 0 Å². The minimum Gasteiger partial charge on any atom is -0.233 e. The Morgan fingerprint density at radius 3 is 3.17 bits per heavy atom.